The number of esters is 1. The number of cyclic esters (lactones) is 1. The monoisotopic (exact) mass is 231 g/mol. The summed E-state index contributed by atoms with van der Waals surface area (Å²) in [4.78, 5) is 11.5. The van der Waals surface area contributed by atoms with Crippen LogP contribution in [0.4, 0.5) is 5.69 Å². The van der Waals surface area contributed by atoms with Gasteiger partial charge in [0.05, 0.1) is 11.3 Å². The fraction of sp³-hybridized carbons (Fsp3) is 0.250. The number of anilines is 1. The van der Waals surface area contributed by atoms with Crippen molar-refractivity contribution in [1.82, 2.24) is 0 Å². The van der Waals surface area contributed by atoms with E-state index in [-0.39, 0.29) is 12.8 Å². The molecule has 86 valence electrons. The van der Waals surface area contributed by atoms with Gasteiger partial charge in [0.1, 0.15) is 6.61 Å². The molecule has 0 fully saturated rings. The number of hydrogen-bond donors (Lipinski definition) is 1. The first kappa shape index (κ1) is 8.92. The van der Waals surface area contributed by atoms with Crippen LogP contribution < -0.4 is 14.8 Å². The van der Waals surface area contributed by atoms with Crippen molar-refractivity contribution >= 4 is 11.7 Å². The highest BCUT2D eigenvalue weighted by atomic mass is 16.7. The van der Waals surface area contributed by atoms with Gasteiger partial charge in [-0.15, -0.1) is 0 Å². The summed E-state index contributed by atoms with van der Waals surface area (Å²) in [5.74, 6) is 1.25. The van der Waals surface area contributed by atoms with Crippen LogP contribution in [-0.2, 0) is 16.0 Å². The Morgan fingerprint density at radius 2 is 1.94 bits per heavy atom. The minimum absolute atomic E-state index is 0.226. The summed E-state index contributed by atoms with van der Waals surface area (Å²) in [6.07, 6.45) is 0.590. The third-order valence-corrected chi connectivity index (χ3v) is 3.21. The van der Waals surface area contributed by atoms with Gasteiger partial charge in [-0.1, -0.05) is 0 Å². The van der Waals surface area contributed by atoms with E-state index in [1.807, 2.05) is 12.1 Å². The second kappa shape index (κ2) is 2.94. The number of benzene rings is 1. The molecule has 0 radical (unpaired) electrons. The van der Waals surface area contributed by atoms with Crippen molar-refractivity contribution in [1.29, 1.82) is 0 Å². The highest BCUT2D eigenvalue weighted by Crippen LogP contribution is 2.41. The van der Waals surface area contributed by atoms with Crippen molar-refractivity contribution in [2.24, 2.45) is 0 Å². The maximum atomic E-state index is 11.5. The molecule has 0 aromatic heterocycles. The molecule has 1 N–H and O–H groups in total. The smallest absolute Gasteiger partial charge is 0.336 e. The van der Waals surface area contributed by atoms with Crippen molar-refractivity contribution < 1.29 is 19.0 Å². The highest BCUT2D eigenvalue weighted by molar-refractivity contribution is 5.94. The maximum Gasteiger partial charge on any atom is 0.336 e. The molecule has 0 bridgehead atoms. The molecule has 5 heteroatoms. The minimum atomic E-state index is -0.226. The number of hydrogen-bond acceptors (Lipinski definition) is 5. The normalized spacial score (nSPS) is 19.6. The standard InChI is InChI=1S/C12H9NO4/c14-12-7-1-6-2-10-11(17-5-16-10)3-8(6)13-9(7)4-15-12/h2-3,13H,1,4-5H2. The van der Waals surface area contributed by atoms with Gasteiger partial charge >= 0.3 is 5.97 Å². The highest BCUT2D eigenvalue weighted by Gasteiger charge is 2.31. The Hall–Kier alpha value is -2.17. The number of rotatable bonds is 0. The second-order valence-corrected chi connectivity index (χ2v) is 4.20. The van der Waals surface area contributed by atoms with Gasteiger partial charge < -0.3 is 19.5 Å². The molecule has 0 saturated heterocycles. The molecule has 4 rings (SSSR count). The summed E-state index contributed by atoms with van der Waals surface area (Å²) in [7, 11) is 0. The van der Waals surface area contributed by atoms with Crippen molar-refractivity contribution in [3.05, 3.63) is 29.0 Å². The van der Waals surface area contributed by atoms with Crippen molar-refractivity contribution in [2.75, 3.05) is 18.7 Å². The summed E-state index contributed by atoms with van der Waals surface area (Å²) in [5.41, 5.74) is 3.58. The zero-order valence-electron chi connectivity index (χ0n) is 8.91. The van der Waals surface area contributed by atoms with Gasteiger partial charge in [-0.2, -0.15) is 0 Å². The van der Waals surface area contributed by atoms with Crippen LogP contribution in [-0.4, -0.2) is 19.4 Å². The van der Waals surface area contributed by atoms with E-state index in [9.17, 15) is 4.79 Å². The lowest BCUT2D eigenvalue weighted by atomic mass is 9.98. The quantitative estimate of drug-likeness (QED) is 0.680. The zero-order chi connectivity index (χ0) is 11.4. The first-order valence-electron chi connectivity index (χ1n) is 5.40. The van der Waals surface area contributed by atoms with Crippen LogP contribution in [0.5, 0.6) is 11.5 Å². The van der Waals surface area contributed by atoms with Crippen LogP contribution in [0.3, 0.4) is 0 Å². The Kier molecular flexibility index (Phi) is 1.54. The summed E-state index contributed by atoms with van der Waals surface area (Å²) in [5, 5.41) is 3.22. The molecule has 0 saturated carbocycles. The first-order chi connectivity index (χ1) is 8.31. The number of ether oxygens (including phenoxy) is 3. The molecule has 0 aliphatic carbocycles. The molecular formula is C12H9NO4. The summed E-state index contributed by atoms with van der Waals surface area (Å²) < 4.78 is 15.6. The third-order valence-electron chi connectivity index (χ3n) is 3.21. The average Bonchev–Trinajstić information content (AvgIpc) is 2.91. The van der Waals surface area contributed by atoms with Crippen LogP contribution in [0.2, 0.25) is 0 Å². The molecule has 0 amide bonds. The van der Waals surface area contributed by atoms with Gasteiger partial charge in [0.2, 0.25) is 6.79 Å². The minimum Gasteiger partial charge on any atom is -0.456 e. The van der Waals surface area contributed by atoms with E-state index in [4.69, 9.17) is 14.2 Å². The lowest BCUT2D eigenvalue weighted by molar-refractivity contribution is -0.136. The summed E-state index contributed by atoms with van der Waals surface area (Å²) >= 11 is 0. The van der Waals surface area contributed by atoms with Gasteiger partial charge in [-0.05, 0) is 11.6 Å². The lowest BCUT2D eigenvalue weighted by Gasteiger charge is -2.18. The van der Waals surface area contributed by atoms with Crippen molar-refractivity contribution in [3.8, 4) is 11.5 Å². The molecule has 3 aliphatic rings. The van der Waals surface area contributed by atoms with E-state index >= 15 is 0 Å². The van der Waals surface area contributed by atoms with Gasteiger partial charge in [-0.3, -0.25) is 0 Å². The van der Waals surface area contributed by atoms with E-state index in [1.54, 1.807) is 0 Å². The fourth-order valence-corrected chi connectivity index (χ4v) is 2.33. The van der Waals surface area contributed by atoms with Crippen LogP contribution in [0.1, 0.15) is 5.56 Å². The Labute approximate surface area is 97.0 Å². The topological polar surface area (TPSA) is 56.8 Å². The molecule has 3 aliphatic heterocycles. The summed E-state index contributed by atoms with van der Waals surface area (Å²) in [6.45, 7) is 0.593. The van der Waals surface area contributed by atoms with E-state index in [0.29, 0.717) is 13.0 Å². The van der Waals surface area contributed by atoms with Gasteiger partial charge in [-0.25, -0.2) is 4.79 Å². The predicted molar refractivity (Wildman–Crippen MR) is 57.9 cm³/mol. The molecule has 1 aromatic carbocycles. The van der Waals surface area contributed by atoms with Crippen LogP contribution in [0.25, 0.3) is 0 Å². The predicted octanol–water partition coefficient (Wildman–Crippen LogP) is 1.19. The van der Waals surface area contributed by atoms with Gasteiger partial charge in [0, 0.05) is 18.2 Å². The van der Waals surface area contributed by atoms with Crippen LogP contribution >= 0.6 is 0 Å². The SMILES string of the molecule is O=C1OCC2=C1Cc1cc3c(cc1N2)OCO3. The first-order valence-corrected chi connectivity index (χ1v) is 5.40. The molecule has 5 nitrogen and oxygen atoms in total. The number of carbonyl (C=O) groups excluding carboxylic acids is 1. The fourth-order valence-electron chi connectivity index (χ4n) is 2.33. The van der Waals surface area contributed by atoms with E-state index in [1.165, 1.54) is 0 Å². The molecule has 0 spiro atoms. The summed E-state index contributed by atoms with van der Waals surface area (Å²) in [6, 6.07) is 3.82. The van der Waals surface area contributed by atoms with E-state index < -0.39 is 0 Å². The molecule has 0 atom stereocenters. The van der Waals surface area contributed by atoms with E-state index in [0.717, 1.165) is 34.0 Å². The Morgan fingerprint density at radius 1 is 1.12 bits per heavy atom. The molecule has 0 unspecified atom stereocenters. The molecule has 17 heavy (non-hydrogen) atoms. The number of carbonyl (C=O) groups is 1. The maximum absolute atomic E-state index is 11.5. The average molecular weight is 231 g/mol. The van der Waals surface area contributed by atoms with E-state index in [2.05, 4.69) is 5.32 Å². The van der Waals surface area contributed by atoms with Crippen molar-refractivity contribution in [2.45, 2.75) is 6.42 Å². The van der Waals surface area contributed by atoms with Crippen LogP contribution in [0, 0.1) is 0 Å². The van der Waals surface area contributed by atoms with Gasteiger partial charge in [0.15, 0.2) is 11.5 Å². The zero-order valence-corrected chi connectivity index (χ0v) is 8.91. The second-order valence-electron chi connectivity index (χ2n) is 4.20. The lowest BCUT2D eigenvalue weighted by Crippen LogP contribution is -2.13. The largest absolute Gasteiger partial charge is 0.456 e. The number of nitrogens with one attached hydrogen (secondary N) is 1. The number of fused-ring (bicyclic) bond motifs is 2. The Morgan fingerprint density at radius 3 is 2.82 bits per heavy atom. The molecule has 3 heterocycles. The Balaban J connectivity index is 1.81. The molecular weight excluding hydrogens is 222 g/mol. The van der Waals surface area contributed by atoms with Gasteiger partial charge in [0.25, 0.3) is 0 Å². The third kappa shape index (κ3) is 1.16. The van der Waals surface area contributed by atoms with Crippen molar-refractivity contribution in [3.63, 3.8) is 0 Å². The Bertz CT molecular complexity index is 576. The molecule has 1 aromatic rings. The van der Waals surface area contributed by atoms with Crippen LogP contribution in [0.15, 0.2) is 23.4 Å².